The molecule has 3 nitrogen and oxygen atoms in total. The maximum atomic E-state index is 12.3. The van der Waals surface area contributed by atoms with Gasteiger partial charge in [-0.05, 0) is 30.5 Å². The average molecular weight is 316 g/mol. The van der Waals surface area contributed by atoms with Crippen molar-refractivity contribution in [2.24, 2.45) is 0 Å². The van der Waals surface area contributed by atoms with E-state index in [4.69, 9.17) is 0 Å². The van der Waals surface area contributed by atoms with E-state index >= 15 is 0 Å². The molecule has 1 N–H and O–H groups in total. The number of carbonyl (C=O) groups excluding carboxylic acids is 1. The SMILES string of the molecule is CC(C)c1ccc(C(=O)NC(C)c2csc(C(C)C)n2)cc1. The standard InChI is InChI=1S/C18H24N2OS/c1-11(2)14-6-8-15(9-7-14)17(21)19-13(5)16-10-22-18(20-16)12(3)4/h6-13H,1-5H3,(H,19,21). The van der Waals surface area contributed by atoms with Gasteiger partial charge in [0.25, 0.3) is 5.91 Å². The Bertz CT molecular complexity index is 629. The van der Waals surface area contributed by atoms with E-state index in [0.717, 1.165) is 10.7 Å². The van der Waals surface area contributed by atoms with Gasteiger partial charge in [0.1, 0.15) is 0 Å². The quantitative estimate of drug-likeness (QED) is 0.854. The van der Waals surface area contributed by atoms with Crippen LogP contribution in [-0.4, -0.2) is 10.9 Å². The lowest BCUT2D eigenvalue weighted by atomic mass is 10.0. The molecule has 1 aromatic carbocycles. The van der Waals surface area contributed by atoms with Crippen molar-refractivity contribution >= 4 is 17.2 Å². The van der Waals surface area contributed by atoms with Crippen LogP contribution in [0, 0.1) is 0 Å². The van der Waals surface area contributed by atoms with Crippen molar-refractivity contribution in [2.75, 3.05) is 0 Å². The van der Waals surface area contributed by atoms with Gasteiger partial charge in [-0.25, -0.2) is 4.98 Å². The number of hydrogen-bond donors (Lipinski definition) is 1. The first-order valence-corrected chi connectivity index (χ1v) is 8.62. The van der Waals surface area contributed by atoms with E-state index in [2.05, 4.69) is 38.0 Å². The molecule has 0 saturated heterocycles. The fraction of sp³-hybridized carbons (Fsp3) is 0.444. The van der Waals surface area contributed by atoms with Gasteiger partial charge in [-0.2, -0.15) is 0 Å². The van der Waals surface area contributed by atoms with E-state index in [-0.39, 0.29) is 11.9 Å². The van der Waals surface area contributed by atoms with Gasteiger partial charge in [-0.3, -0.25) is 4.79 Å². The molecule has 0 spiro atoms. The van der Waals surface area contributed by atoms with Crippen LogP contribution in [0.25, 0.3) is 0 Å². The molecular weight excluding hydrogens is 292 g/mol. The van der Waals surface area contributed by atoms with E-state index in [1.807, 2.05) is 36.6 Å². The molecule has 1 atom stereocenters. The summed E-state index contributed by atoms with van der Waals surface area (Å²) in [5.74, 6) is 0.840. The molecule has 0 aliphatic rings. The molecule has 1 amide bonds. The third kappa shape index (κ3) is 3.95. The fourth-order valence-electron chi connectivity index (χ4n) is 2.14. The van der Waals surface area contributed by atoms with Crippen molar-refractivity contribution in [3.63, 3.8) is 0 Å². The topological polar surface area (TPSA) is 42.0 Å². The smallest absolute Gasteiger partial charge is 0.251 e. The number of amides is 1. The zero-order valence-corrected chi connectivity index (χ0v) is 14.7. The number of thiazole rings is 1. The Balaban J connectivity index is 2.03. The molecule has 22 heavy (non-hydrogen) atoms. The van der Waals surface area contributed by atoms with E-state index in [0.29, 0.717) is 17.4 Å². The Hall–Kier alpha value is -1.68. The second-order valence-electron chi connectivity index (χ2n) is 6.24. The molecular formula is C18H24N2OS. The van der Waals surface area contributed by atoms with Crippen LogP contribution < -0.4 is 5.32 Å². The van der Waals surface area contributed by atoms with Crippen molar-refractivity contribution < 1.29 is 4.79 Å². The first-order chi connectivity index (χ1) is 10.4. The molecule has 0 fully saturated rings. The van der Waals surface area contributed by atoms with Gasteiger partial charge in [0, 0.05) is 16.9 Å². The molecule has 2 aromatic rings. The lowest BCUT2D eigenvalue weighted by Crippen LogP contribution is -2.26. The van der Waals surface area contributed by atoms with E-state index < -0.39 is 0 Å². The Kier molecular flexibility index (Phi) is 5.35. The van der Waals surface area contributed by atoms with Crippen molar-refractivity contribution in [3.05, 3.63) is 51.5 Å². The predicted molar refractivity (Wildman–Crippen MR) is 92.6 cm³/mol. The minimum absolute atomic E-state index is 0.0538. The summed E-state index contributed by atoms with van der Waals surface area (Å²) in [6.07, 6.45) is 0. The number of aromatic nitrogens is 1. The Labute approximate surface area is 136 Å². The summed E-state index contributed by atoms with van der Waals surface area (Å²) in [6.45, 7) is 10.5. The van der Waals surface area contributed by atoms with Crippen LogP contribution in [-0.2, 0) is 0 Å². The Morgan fingerprint density at radius 2 is 1.68 bits per heavy atom. The largest absolute Gasteiger partial charge is 0.344 e. The number of rotatable bonds is 5. The molecule has 0 aliphatic heterocycles. The van der Waals surface area contributed by atoms with Gasteiger partial charge in [-0.1, -0.05) is 39.8 Å². The Morgan fingerprint density at radius 1 is 1.05 bits per heavy atom. The normalized spacial score (nSPS) is 12.7. The van der Waals surface area contributed by atoms with Gasteiger partial charge >= 0.3 is 0 Å². The highest BCUT2D eigenvalue weighted by atomic mass is 32.1. The molecule has 0 bridgehead atoms. The van der Waals surface area contributed by atoms with Gasteiger partial charge < -0.3 is 5.32 Å². The molecule has 118 valence electrons. The maximum absolute atomic E-state index is 12.3. The number of nitrogens with zero attached hydrogens (tertiary/aromatic N) is 1. The lowest BCUT2D eigenvalue weighted by Gasteiger charge is -2.12. The molecule has 1 aromatic heterocycles. The minimum Gasteiger partial charge on any atom is -0.344 e. The second-order valence-corrected chi connectivity index (χ2v) is 7.13. The Morgan fingerprint density at radius 3 is 2.18 bits per heavy atom. The summed E-state index contributed by atoms with van der Waals surface area (Å²) in [7, 11) is 0. The predicted octanol–water partition coefficient (Wildman–Crippen LogP) is 4.88. The maximum Gasteiger partial charge on any atom is 0.251 e. The van der Waals surface area contributed by atoms with Crippen LogP contribution in [0.15, 0.2) is 29.6 Å². The van der Waals surface area contributed by atoms with E-state index in [1.54, 1.807) is 11.3 Å². The summed E-state index contributed by atoms with van der Waals surface area (Å²) in [6, 6.07) is 7.73. The number of carbonyl (C=O) groups is 1. The minimum atomic E-state index is -0.0824. The van der Waals surface area contributed by atoms with Crippen molar-refractivity contribution in [1.29, 1.82) is 0 Å². The van der Waals surface area contributed by atoms with Crippen LogP contribution in [0.2, 0.25) is 0 Å². The highest BCUT2D eigenvalue weighted by Gasteiger charge is 2.15. The summed E-state index contributed by atoms with van der Waals surface area (Å²) in [5.41, 5.74) is 2.86. The van der Waals surface area contributed by atoms with Crippen LogP contribution in [0.3, 0.4) is 0 Å². The van der Waals surface area contributed by atoms with E-state index in [1.165, 1.54) is 5.56 Å². The summed E-state index contributed by atoms with van der Waals surface area (Å²) in [4.78, 5) is 16.9. The third-order valence-corrected chi connectivity index (χ3v) is 4.83. The first-order valence-electron chi connectivity index (χ1n) is 7.74. The molecule has 4 heteroatoms. The van der Waals surface area contributed by atoms with E-state index in [9.17, 15) is 4.79 Å². The third-order valence-electron chi connectivity index (χ3n) is 3.66. The van der Waals surface area contributed by atoms with Crippen molar-refractivity contribution in [1.82, 2.24) is 10.3 Å². The zero-order chi connectivity index (χ0) is 16.3. The highest BCUT2D eigenvalue weighted by Crippen LogP contribution is 2.23. The summed E-state index contributed by atoms with van der Waals surface area (Å²) >= 11 is 1.65. The van der Waals surface area contributed by atoms with Crippen LogP contribution in [0.1, 0.15) is 79.1 Å². The van der Waals surface area contributed by atoms with Gasteiger partial charge in [0.2, 0.25) is 0 Å². The molecule has 1 heterocycles. The van der Waals surface area contributed by atoms with Crippen molar-refractivity contribution in [3.8, 4) is 0 Å². The van der Waals surface area contributed by atoms with Crippen LogP contribution in [0.5, 0.6) is 0 Å². The number of hydrogen-bond acceptors (Lipinski definition) is 3. The second kappa shape index (κ2) is 7.05. The molecule has 0 radical (unpaired) electrons. The molecule has 2 rings (SSSR count). The molecule has 0 saturated carbocycles. The van der Waals surface area contributed by atoms with Gasteiger partial charge in [0.05, 0.1) is 16.7 Å². The van der Waals surface area contributed by atoms with Gasteiger partial charge in [0.15, 0.2) is 0 Å². The zero-order valence-electron chi connectivity index (χ0n) is 13.9. The fourth-order valence-corrected chi connectivity index (χ4v) is 3.07. The van der Waals surface area contributed by atoms with Gasteiger partial charge in [-0.15, -0.1) is 11.3 Å². The lowest BCUT2D eigenvalue weighted by molar-refractivity contribution is 0.0939. The van der Waals surface area contributed by atoms with Crippen molar-refractivity contribution in [2.45, 2.75) is 52.5 Å². The first kappa shape index (κ1) is 16.7. The summed E-state index contributed by atoms with van der Waals surface area (Å²) < 4.78 is 0. The molecule has 1 unspecified atom stereocenters. The summed E-state index contributed by atoms with van der Waals surface area (Å²) in [5, 5.41) is 6.16. The number of benzene rings is 1. The monoisotopic (exact) mass is 316 g/mol. The number of nitrogens with one attached hydrogen (secondary N) is 1. The van der Waals surface area contributed by atoms with Crippen LogP contribution >= 0.6 is 11.3 Å². The van der Waals surface area contributed by atoms with Crippen LogP contribution in [0.4, 0.5) is 0 Å². The highest BCUT2D eigenvalue weighted by molar-refractivity contribution is 7.09. The molecule has 0 aliphatic carbocycles. The average Bonchev–Trinajstić information content (AvgIpc) is 2.97.